The molecule has 0 saturated heterocycles. The number of ether oxygens (including phenoxy) is 3. The molecule has 0 aliphatic carbocycles. The van der Waals surface area contributed by atoms with E-state index in [0.717, 1.165) is 57.8 Å². The number of esters is 3. The molecule has 0 amide bonds. The highest BCUT2D eigenvalue weighted by molar-refractivity contribution is 5.71. The van der Waals surface area contributed by atoms with Crippen LogP contribution in [0, 0.1) is 0 Å². The standard InChI is InChI=1S/C67H128O6/c1-4-7-10-13-16-19-21-23-25-27-28-29-30-31-32-33-34-35-36-37-38-39-40-41-43-44-46-48-51-54-57-60-66(69)72-63-64(62-71-65(68)59-56-53-50-18-15-12-9-6-3)73-67(70)61-58-55-52-49-47-45-42-26-24-22-20-17-14-11-8-5-2/h27-28,64H,4-26,29-63H2,1-3H3/b28-27-. The van der Waals surface area contributed by atoms with E-state index < -0.39 is 6.10 Å². The Morgan fingerprint density at radius 2 is 0.452 bits per heavy atom. The van der Waals surface area contributed by atoms with E-state index in [9.17, 15) is 14.4 Å². The van der Waals surface area contributed by atoms with E-state index in [0.29, 0.717) is 19.3 Å². The van der Waals surface area contributed by atoms with Crippen LogP contribution in [-0.2, 0) is 28.6 Å². The number of allylic oxidation sites excluding steroid dienone is 2. The molecular formula is C67H128O6. The summed E-state index contributed by atoms with van der Waals surface area (Å²) in [4.78, 5) is 38.1. The zero-order valence-electron chi connectivity index (χ0n) is 49.7. The fourth-order valence-corrected chi connectivity index (χ4v) is 10.3. The van der Waals surface area contributed by atoms with Gasteiger partial charge in [0.05, 0.1) is 0 Å². The molecule has 0 aliphatic rings. The molecule has 0 saturated carbocycles. The smallest absolute Gasteiger partial charge is 0.306 e. The first-order valence-electron chi connectivity index (χ1n) is 33.2. The van der Waals surface area contributed by atoms with Crippen LogP contribution in [0.2, 0.25) is 0 Å². The summed E-state index contributed by atoms with van der Waals surface area (Å²) in [5.41, 5.74) is 0. The van der Waals surface area contributed by atoms with Crippen molar-refractivity contribution in [3.05, 3.63) is 12.2 Å². The Morgan fingerprint density at radius 3 is 0.685 bits per heavy atom. The number of carbonyl (C=O) groups is 3. The third-order valence-corrected chi connectivity index (χ3v) is 15.3. The number of hydrogen-bond donors (Lipinski definition) is 0. The van der Waals surface area contributed by atoms with Gasteiger partial charge < -0.3 is 14.2 Å². The van der Waals surface area contributed by atoms with E-state index in [1.807, 2.05) is 0 Å². The number of unbranched alkanes of at least 4 members (excludes halogenated alkanes) is 49. The largest absolute Gasteiger partial charge is 0.462 e. The highest BCUT2D eigenvalue weighted by Gasteiger charge is 2.19. The summed E-state index contributed by atoms with van der Waals surface area (Å²) in [6.07, 6.45) is 74.0. The van der Waals surface area contributed by atoms with Gasteiger partial charge in [-0.3, -0.25) is 14.4 Å². The molecule has 1 atom stereocenters. The maximum Gasteiger partial charge on any atom is 0.306 e. The van der Waals surface area contributed by atoms with Gasteiger partial charge in [-0.05, 0) is 44.9 Å². The molecule has 0 spiro atoms. The molecule has 0 radical (unpaired) electrons. The van der Waals surface area contributed by atoms with Crippen LogP contribution in [0.5, 0.6) is 0 Å². The third kappa shape index (κ3) is 60.9. The molecule has 0 rings (SSSR count). The van der Waals surface area contributed by atoms with E-state index in [4.69, 9.17) is 14.2 Å². The first-order chi connectivity index (χ1) is 36.0. The lowest BCUT2D eigenvalue weighted by atomic mass is 10.0. The van der Waals surface area contributed by atoms with Crippen molar-refractivity contribution < 1.29 is 28.6 Å². The van der Waals surface area contributed by atoms with Gasteiger partial charge in [0.25, 0.3) is 0 Å². The molecule has 1 unspecified atom stereocenters. The summed E-state index contributed by atoms with van der Waals surface area (Å²) < 4.78 is 16.9. The lowest BCUT2D eigenvalue weighted by Gasteiger charge is -2.18. The average molecular weight is 1030 g/mol. The van der Waals surface area contributed by atoms with Crippen molar-refractivity contribution in [3.63, 3.8) is 0 Å². The molecule has 6 nitrogen and oxygen atoms in total. The summed E-state index contributed by atoms with van der Waals surface area (Å²) in [5.74, 6) is -0.839. The highest BCUT2D eigenvalue weighted by Crippen LogP contribution is 2.18. The fraction of sp³-hybridized carbons (Fsp3) is 0.925. The monoisotopic (exact) mass is 1030 g/mol. The Kier molecular flexibility index (Phi) is 61.1. The van der Waals surface area contributed by atoms with Crippen LogP contribution >= 0.6 is 0 Å². The molecule has 73 heavy (non-hydrogen) atoms. The van der Waals surface area contributed by atoms with Crippen molar-refractivity contribution in [1.82, 2.24) is 0 Å². The maximum absolute atomic E-state index is 12.8. The van der Waals surface area contributed by atoms with E-state index in [1.165, 1.54) is 283 Å². The zero-order chi connectivity index (χ0) is 52.9. The molecule has 0 aromatic rings. The van der Waals surface area contributed by atoms with Gasteiger partial charge in [0.15, 0.2) is 6.10 Å². The minimum absolute atomic E-state index is 0.0629. The second-order valence-electron chi connectivity index (χ2n) is 22.7. The van der Waals surface area contributed by atoms with E-state index in [1.54, 1.807) is 0 Å². The van der Waals surface area contributed by atoms with Crippen molar-refractivity contribution >= 4 is 17.9 Å². The van der Waals surface area contributed by atoms with Crippen LogP contribution < -0.4 is 0 Å². The second kappa shape index (κ2) is 62.7. The minimum Gasteiger partial charge on any atom is -0.462 e. The molecule has 6 heteroatoms. The number of rotatable bonds is 62. The lowest BCUT2D eigenvalue weighted by molar-refractivity contribution is -0.167. The molecule has 0 aromatic carbocycles. The molecule has 0 aliphatic heterocycles. The van der Waals surface area contributed by atoms with Gasteiger partial charge in [-0.1, -0.05) is 328 Å². The molecule has 0 heterocycles. The van der Waals surface area contributed by atoms with Crippen LogP contribution in [0.25, 0.3) is 0 Å². The first kappa shape index (κ1) is 71.2. The van der Waals surface area contributed by atoms with E-state index in [-0.39, 0.29) is 31.1 Å². The van der Waals surface area contributed by atoms with Gasteiger partial charge in [-0.25, -0.2) is 0 Å². The van der Waals surface area contributed by atoms with Gasteiger partial charge in [0.2, 0.25) is 0 Å². The van der Waals surface area contributed by atoms with Gasteiger partial charge in [-0.15, -0.1) is 0 Å². The van der Waals surface area contributed by atoms with Crippen LogP contribution in [-0.4, -0.2) is 37.2 Å². The molecule has 0 N–H and O–H groups in total. The summed E-state index contributed by atoms with van der Waals surface area (Å²) in [6, 6.07) is 0. The fourth-order valence-electron chi connectivity index (χ4n) is 10.3. The Hall–Kier alpha value is -1.85. The summed E-state index contributed by atoms with van der Waals surface area (Å²) in [7, 11) is 0. The molecule has 432 valence electrons. The van der Waals surface area contributed by atoms with Crippen molar-refractivity contribution in [2.24, 2.45) is 0 Å². The van der Waals surface area contributed by atoms with E-state index in [2.05, 4.69) is 32.9 Å². The van der Waals surface area contributed by atoms with Gasteiger partial charge in [0, 0.05) is 19.3 Å². The second-order valence-corrected chi connectivity index (χ2v) is 22.7. The Bertz CT molecular complexity index is 1130. The quantitative estimate of drug-likeness (QED) is 0.0261. The molecule has 0 aromatic heterocycles. The van der Waals surface area contributed by atoms with E-state index >= 15 is 0 Å². The summed E-state index contributed by atoms with van der Waals surface area (Å²) >= 11 is 0. The van der Waals surface area contributed by atoms with Crippen molar-refractivity contribution in [1.29, 1.82) is 0 Å². The molecule has 0 bridgehead atoms. The zero-order valence-corrected chi connectivity index (χ0v) is 49.7. The predicted octanol–water partition coefficient (Wildman–Crippen LogP) is 22.4. The van der Waals surface area contributed by atoms with Crippen LogP contribution in [0.15, 0.2) is 12.2 Å². The van der Waals surface area contributed by atoms with Gasteiger partial charge >= 0.3 is 17.9 Å². The Morgan fingerprint density at radius 1 is 0.260 bits per heavy atom. The normalized spacial score (nSPS) is 12.0. The topological polar surface area (TPSA) is 78.9 Å². The third-order valence-electron chi connectivity index (χ3n) is 15.3. The summed E-state index contributed by atoms with van der Waals surface area (Å²) in [6.45, 7) is 6.68. The SMILES string of the molecule is CCCCCCCCCC/C=C\CCCCCCCCCCCCCCCCCCCCCC(=O)OCC(COC(=O)CCCCCCCCCC)OC(=O)CCCCCCCCCCCCCCCCCC. The van der Waals surface area contributed by atoms with Crippen LogP contribution in [0.1, 0.15) is 380 Å². The lowest BCUT2D eigenvalue weighted by Crippen LogP contribution is -2.30. The first-order valence-corrected chi connectivity index (χ1v) is 33.2. The Balaban J connectivity index is 3.99. The molecular weight excluding hydrogens is 901 g/mol. The Labute approximate surface area is 456 Å². The maximum atomic E-state index is 12.8. The highest BCUT2D eigenvalue weighted by atomic mass is 16.6. The number of carbonyl (C=O) groups excluding carboxylic acids is 3. The van der Waals surface area contributed by atoms with Crippen LogP contribution in [0.3, 0.4) is 0 Å². The summed E-state index contributed by atoms with van der Waals surface area (Å²) in [5, 5.41) is 0. The van der Waals surface area contributed by atoms with Crippen molar-refractivity contribution in [2.75, 3.05) is 13.2 Å². The predicted molar refractivity (Wildman–Crippen MR) is 317 cm³/mol. The van der Waals surface area contributed by atoms with Gasteiger partial charge in [0.1, 0.15) is 13.2 Å². The minimum atomic E-state index is -0.762. The molecule has 0 fully saturated rings. The van der Waals surface area contributed by atoms with Crippen LogP contribution in [0.4, 0.5) is 0 Å². The average Bonchev–Trinajstić information content (AvgIpc) is 3.39. The van der Waals surface area contributed by atoms with Gasteiger partial charge in [-0.2, -0.15) is 0 Å². The number of hydrogen-bond acceptors (Lipinski definition) is 6. The van der Waals surface area contributed by atoms with Crippen molar-refractivity contribution in [3.8, 4) is 0 Å². The van der Waals surface area contributed by atoms with Crippen molar-refractivity contribution in [2.45, 2.75) is 386 Å².